The van der Waals surface area contributed by atoms with Crippen molar-refractivity contribution in [3.63, 3.8) is 0 Å². The van der Waals surface area contributed by atoms with E-state index in [1.807, 2.05) is 12.1 Å². The second-order valence-electron chi connectivity index (χ2n) is 10.5. The Morgan fingerprint density at radius 3 is 1.67 bits per heavy atom. The first-order valence-electron chi connectivity index (χ1n) is 14.1. The summed E-state index contributed by atoms with van der Waals surface area (Å²) in [6.07, 6.45) is 2.04. The number of rotatable bonds is 7. The standard InChI is InChI=1S/C14H20N4O3.C14H22N4O.CH4O/c1-3-10-9-16(2)6-7-17(10)11-4-5-13(18(20)21)12(8-11)14(15)19;1-3-10-9-17(2)6-7-18(10)11-4-5-13(15)12(8-11)14(16)19;1-2/h4-5,8,10H,3,6-7,9H2,1-2H3,(H2,15,19);4-5,8,10H,3,6-7,9,15H2,1-2H3,(H2,16,19);2H,1H3/t2*10-;/m11./s1. The Bertz CT molecular complexity index is 1230. The molecule has 2 heterocycles. The molecular formula is C29H46N8O5. The van der Waals surface area contributed by atoms with Crippen LogP contribution in [0.4, 0.5) is 22.7 Å². The third kappa shape index (κ3) is 8.54. The lowest BCUT2D eigenvalue weighted by Gasteiger charge is -2.41. The summed E-state index contributed by atoms with van der Waals surface area (Å²) in [6.45, 7) is 9.97. The van der Waals surface area contributed by atoms with Gasteiger partial charge in [0.15, 0.2) is 0 Å². The number of primary amides is 2. The van der Waals surface area contributed by atoms with Crippen LogP contribution in [0.2, 0.25) is 0 Å². The van der Waals surface area contributed by atoms with Gasteiger partial charge in [-0.1, -0.05) is 13.8 Å². The number of anilines is 3. The number of carbonyl (C=O) groups excluding carboxylic acids is 2. The number of nitrogen functional groups attached to an aromatic ring is 1. The van der Waals surface area contributed by atoms with Crippen molar-refractivity contribution in [3.8, 4) is 0 Å². The highest BCUT2D eigenvalue weighted by Gasteiger charge is 2.27. The molecule has 4 rings (SSSR count). The number of nitrogens with two attached hydrogens (primary N) is 3. The zero-order valence-corrected chi connectivity index (χ0v) is 25.3. The Kier molecular flexibility index (Phi) is 13.0. The SMILES string of the molecule is CC[C@@H]1CN(C)CCN1c1ccc(N)c(C(N)=O)c1.CC[C@@H]1CN(C)CCN1c1ccc([N+](=O)[O-])c(C(N)=O)c1.CO. The quantitative estimate of drug-likeness (QED) is 0.211. The maximum absolute atomic E-state index is 11.5. The number of piperazine rings is 2. The molecule has 0 spiro atoms. The number of hydrogen-bond acceptors (Lipinski definition) is 10. The van der Waals surface area contributed by atoms with E-state index < -0.39 is 16.7 Å². The van der Waals surface area contributed by atoms with Crippen LogP contribution in [0.5, 0.6) is 0 Å². The number of nitro groups is 1. The second kappa shape index (κ2) is 15.9. The minimum atomic E-state index is -0.772. The molecule has 2 aliphatic rings. The molecule has 13 heteroatoms. The molecule has 0 aliphatic carbocycles. The summed E-state index contributed by atoms with van der Waals surface area (Å²) in [7, 11) is 5.21. The van der Waals surface area contributed by atoms with E-state index in [0.29, 0.717) is 23.3 Å². The first-order chi connectivity index (χ1) is 20.0. The van der Waals surface area contributed by atoms with Crippen LogP contribution < -0.4 is 27.0 Å². The molecule has 2 atom stereocenters. The van der Waals surface area contributed by atoms with E-state index in [9.17, 15) is 19.7 Å². The summed E-state index contributed by atoms with van der Waals surface area (Å²) >= 11 is 0. The molecule has 232 valence electrons. The minimum absolute atomic E-state index is 0.0359. The van der Waals surface area contributed by atoms with Gasteiger partial charge in [0.2, 0.25) is 0 Å². The molecule has 0 unspecified atom stereocenters. The second-order valence-corrected chi connectivity index (χ2v) is 10.5. The van der Waals surface area contributed by atoms with Gasteiger partial charge < -0.3 is 41.9 Å². The topological polar surface area (TPSA) is 189 Å². The number of carbonyl (C=O) groups is 2. The number of likely N-dealkylation sites (N-methyl/N-ethyl adjacent to an activating group) is 2. The van der Waals surface area contributed by atoms with E-state index in [1.165, 1.54) is 12.1 Å². The molecular weight excluding hydrogens is 540 g/mol. The Hall–Kier alpha value is -3.94. The van der Waals surface area contributed by atoms with E-state index >= 15 is 0 Å². The molecule has 2 saturated heterocycles. The molecule has 7 N–H and O–H groups in total. The summed E-state index contributed by atoms with van der Waals surface area (Å²) in [6, 6.07) is 10.9. The number of aliphatic hydroxyl groups excluding tert-OH is 1. The van der Waals surface area contributed by atoms with Crippen LogP contribution in [-0.4, -0.2) is 104 Å². The van der Waals surface area contributed by atoms with E-state index in [-0.39, 0.29) is 11.3 Å². The highest BCUT2D eigenvalue weighted by Crippen LogP contribution is 2.28. The average Bonchev–Trinajstić information content (AvgIpc) is 2.98. The molecule has 0 saturated carbocycles. The van der Waals surface area contributed by atoms with Crippen molar-refractivity contribution >= 4 is 34.6 Å². The molecule has 0 bridgehead atoms. The molecule has 0 aromatic heterocycles. The highest BCUT2D eigenvalue weighted by atomic mass is 16.6. The van der Waals surface area contributed by atoms with E-state index in [0.717, 1.165) is 70.6 Å². The summed E-state index contributed by atoms with van der Waals surface area (Å²) in [5.41, 5.74) is 18.8. The molecule has 2 fully saturated rings. The Balaban J connectivity index is 0.000000278. The molecule has 2 aromatic carbocycles. The van der Waals surface area contributed by atoms with Gasteiger partial charge in [0.05, 0.1) is 10.5 Å². The Morgan fingerprint density at radius 1 is 0.833 bits per heavy atom. The Morgan fingerprint density at radius 2 is 1.26 bits per heavy atom. The third-order valence-electron chi connectivity index (χ3n) is 7.72. The van der Waals surface area contributed by atoms with E-state index in [2.05, 4.69) is 47.5 Å². The summed E-state index contributed by atoms with van der Waals surface area (Å²) in [5.74, 6) is -1.24. The van der Waals surface area contributed by atoms with Gasteiger partial charge in [-0.15, -0.1) is 0 Å². The van der Waals surface area contributed by atoms with Gasteiger partial charge in [-0.05, 0) is 57.3 Å². The van der Waals surface area contributed by atoms with Crippen molar-refractivity contribution in [2.45, 2.75) is 38.8 Å². The van der Waals surface area contributed by atoms with Crippen molar-refractivity contribution in [1.82, 2.24) is 9.80 Å². The normalized spacial score (nSPS) is 19.2. The zero-order chi connectivity index (χ0) is 31.6. The van der Waals surface area contributed by atoms with Crippen LogP contribution in [0.25, 0.3) is 0 Å². The van der Waals surface area contributed by atoms with Crippen LogP contribution in [0.3, 0.4) is 0 Å². The van der Waals surface area contributed by atoms with Crippen molar-refractivity contribution in [1.29, 1.82) is 0 Å². The predicted octanol–water partition coefficient (Wildman–Crippen LogP) is 1.73. The van der Waals surface area contributed by atoms with Gasteiger partial charge in [0.25, 0.3) is 17.5 Å². The maximum atomic E-state index is 11.5. The van der Waals surface area contributed by atoms with Crippen molar-refractivity contribution < 1.29 is 19.6 Å². The first-order valence-corrected chi connectivity index (χ1v) is 14.1. The highest BCUT2D eigenvalue weighted by molar-refractivity contribution is 5.99. The average molecular weight is 587 g/mol. The van der Waals surface area contributed by atoms with Gasteiger partial charge in [0, 0.05) is 81.6 Å². The van der Waals surface area contributed by atoms with Gasteiger partial charge in [-0.25, -0.2) is 0 Å². The van der Waals surface area contributed by atoms with Gasteiger partial charge in [0.1, 0.15) is 5.56 Å². The Labute approximate surface area is 248 Å². The van der Waals surface area contributed by atoms with Crippen LogP contribution in [0.1, 0.15) is 47.4 Å². The predicted molar refractivity (Wildman–Crippen MR) is 167 cm³/mol. The zero-order valence-electron chi connectivity index (χ0n) is 25.3. The molecule has 42 heavy (non-hydrogen) atoms. The van der Waals surface area contributed by atoms with Crippen LogP contribution in [0, 0.1) is 10.1 Å². The van der Waals surface area contributed by atoms with Crippen LogP contribution in [0.15, 0.2) is 36.4 Å². The first kappa shape index (κ1) is 34.3. The fourth-order valence-corrected chi connectivity index (χ4v) is 5.40. The summed E-state index contributed by atoms with van der Waals surface area (Å²) in [4.78, 5) is 42.3. The summed E-state index contributed by atoms with van der Waals surface area (Å²) in [5, 5.41) is 18.0. The molecule has 2 aromatic rings. The van der Waals surface area contributed by atoms with E-state index in [4.69, 9.17) is 22.3 Å². The van der Waals surface area contributed by atoms with Crippen LogP contribution in [-0.2, 0) is 0 Å². The fraction of sp³-hybridized carbons (Fsp3) is 0.517. The van der Waals surface area contributed by atoms with Gasteiger partial charge in [-0.2, -0.15) is 0 Å². The minimum Gasteiger partial charge on any atom is -0.400 e. The lowest BCUT2D eigenvalue weighted by Crippen LogP contribution is -2.51. The number of nitro benzene ring substituents is 1. The molecule has 13 nitrogen and oxygen atoms in total. The van der Waals surface area contributed by atoms with Gasteiger partial charge in [-0.3, -0.25) is 19.7 Å². The number of amides is 2. The van der Waals surface area contributed by atoms with Crippen molar-refractivity contribution in [2.24, 2.45) is 11.5 Å². The molecule has 2 aliphatic heterocycles. The largest absolute Gasteiger partial charge is 0.400 e. The number of aliphatic hydroxyl groups is 1. The summed E-state index contributed by atoms with van der Waals surface area (Å²) < 4.78 is 0. The molecule has 0 radical (unpaired) electrons. The lowest BCUT2D eigenvalue weighted by atomic mass is 10.1. The number of hydrogen-bond donors (Lipinski definition) is 4. The lowest BCUT2D eigenvalue weighted by molar-refractivity contribution is -0.385. The smallest absolute Gasteiger partial charge is 0.282 e. The molecule has 2 amide bonds. The van der Waals surface area contributed by atoms with Crippen molar-refractivity contribution in [2.75, 3.05) is 76.0 Å². The number of benzene rings is 2. The van der Waals surface area contributed by atoms with Crippen LogP contribution >= 0.6 is 0 Å². The van der Waals surface area contributed by atoms with Crippen molar-refractivity contribution in [3.05, 3.63) is 57.6 Å². The van der Waals surface area contributed by atoms with E-state index in [1.54, 1.807) is 12.1 Å². The monoisotopic (exact) mass is 586 g/mol. The third-order valence-corrected chi connectivity index (χ3v) is 7.72. The number of nitrogens with zero attached hydrogens (tertiary/aromatic N) is 5. The maximum Gasteiger partial charge on any atom is 0.282 e. The fourth-order valence-electron chi connectivity index (χ4n) is 5.40. The van der Waals surface area contributed by atoms with Gasteiger partial charge >= 0.3 is 0 Å².